The minimum Gasteiger partial charge on any atom is -0.487 e. The molecule has 2 aliphatic rings. The summed E-state index contributed by atoms with van der Waals surface area (Å²) in [6.07, 6.45) is -0.0464. The molecule has 0 radical (unpaired) electrons. The van der Waals surface area contributed by atoms with Gasteiger partial charge in [-0.25, -0.2) is 0 Å². The van der Waals surface area contributed by atoms with Gasteiger partial charge in [-0.05, 0) is 5.41 Å². The molecule has 1 aromatic rings. The Balaban J connectivity index is 2.07. The predicted octanol–water partition coefficient (Wildman–Crippen LogP) is 3.47. The van der Waals surface area contributed by atoms with E-state index in [1.165, 1.54) is 18.2 Å². The number of non-ortho nitro benzene ring substituents is 1. The molecule has 0 bridgehead atoms. The molecule has 1 aliphatic carbocycles. The number of ether oxygens (including phenoxy) is 1. The fourth-order valence-electron chi connectivity index (χ4n) is 3.40. The Morgan fingerprint density at radius 2 is 2.12 bits per heavy atom. The second kappa shape index (κ2) is 5.81. The summed E-state index contributed by atoms with van der Waals surface area (Å²) >= 11 is 0. The maximum atomic E-state index is 12.4. The number of benzene rings is 1. The highest BCUT2D eigenvalue weighted by Gasteiger charge is 2.45. The molecule has 7 nitrogen and oxygen atoms in total. The maximum Gasteiger partial charge on any atom is 0.269 e. The number of ketones is 1. The van der Waals surface area contributed by atoms with Crippen molar-refractivity contribution in [3.05, 3.63) is 51.3 Å². The zero-order valence-electron chi connectivity index (χ0n) is 13.9. The van der Waals surface area contributed by atoms with Crippen molar-refractivity contribution < 1.29 is 14.5 Å². The molecule has 1 heterocycles. The lowest BCUT2D eigenvalue weighted by Gasteiger charge is -2.39. The monoisotopic (exact) mass is 339 g/mol. The number of Topliss-reactive ketones (excluding diaryl/α,β-unsaturated/α-hetero) is 1. The molecular formula is C18H17N3O4. The van der Waals surface area contributed by atoms with E-state index in [9.17, 15) is 20.2 Å². The summed E-state index contributed by atoms with van der Waals surface area (Å²) in [4.78, 5) is 22.9. The molecule has 0 spiro atoms. The van der Waals surface area contributed by atoms with Gasteiger partial charge in [-0.2, -0.15) is 5.26 Å². The minimum absolute atomic E-state index is 0.0549. The van der Waals surface area contributed by atoms with Gasteiger partial charge in [0.2, 0.25) is 0 Å². The molecule has 2 atom stereocenters. The third-order valence-corrected chi connectivity index (χ3v) is 4.54. The van der Waals surface area contributed by atoms with Gasteiger partial charge < -0.3 is 10.1 Å². The number of nitriles is 1. The lowest BCUT2D eigenvalue weighted by atomic mass is 9.72. The molecular weight excluding hydrogens is 322 g/mol. The molecule has 0 saturated carbocycles. The van der Waals surface area contributed by atoms with E-state index in [-0.39, 0.29) is 28.2 Å². The number of nitrogens with one attached hydrogen (secondary N) is 1. The molecule has 0 aromatic heterocycles. The van der Waals surface area contributed by atoms with Crippen LogP contribution in [0.1, 0.15) is 38.4 Å². The van der Waals surface area contributed by atoms with Crippen molar-refractivity contribution in [1.29, 1.82) is 10.7 Å². The van der Waals surface area contributed by atoms with Crippen LogP contribution in [0.4, 0.5) is 5.69 Å². The van der Waals surface area contributed by atoms with Gasteiger partial charge in [-0.3, -0.25) is 14.9 Å². The van der Waals surface area contributed by atoms with Gasteiger partial charge in [0.1, 0.15) is 17.8 Å². The summed E-state index contributed by atoms with van der Waals surface area (Å²) in [5, 5.41) is 28.9. The number of hydrogen-bond donors (Lipinski definition) is 1. The number of rotatable bonds is 2. The van der Waals surface area contributed by atoms with Gasteiger partial charge in [0.15, 0.2) is 5.78 Å². The predicted molar refractivity (Wildman–Crippen MR) is 88.8 cm³/mol. The van der Waals surface area contributed by atoms with Crippen LogP contribution >= 0.6 is 0 Å². The first-order valence-corrected chi connectivity index (χ1v) is 7.89. The van der Waals surface area contributed by atoms with Crippen LogP contribution in [0.5, 0.6) is 0 Å². The van der Waals surface area contributed by atoms with Crippen LogP contribution in [0.3, 0.4) is 0 Å². The van der Waals surface area contributed by atoms with Crippen LogP contribution in [-0.2, 0) is 9.53 Å². The van der Waals surface area contributed by atoms with Crippen LogP contribution in [0.2, 0.25) is 0 Å². The Hall–Kier alpha value is -3.01. The molecule has 0 saturated heterocycles. The van der Waals surface area contributed by atoms with Crippen LogP contribution in [0.25, 0.3) is 0 Å². The molecule has 0 amide bonds. The van der Waals surface area contributed by atoms with E-state index >= 15 is 0 Å². The van der Waals surface area contributed by atoms with Gasteiger partial charge in [0, 0.05) is 30.5 Å². The number of nitro benzene ring substituents is 1. The Morgan fingerprint density at radius 1 is 1.40 bits per heavy atom. The van der Waals surface area contributed by atoms with Crippen molar-refractivity contribution in [2.45, 2.75) is 32.8 Å². The van der Waals surface area contributed by atoms with E-state index in [1.807, 2.05) is 19.9 Å². The molecule has 1 N–H and O–H groups in total. The van der Waals surface area contributed by atoms with E-state index in [2.05, 4.69) is 0 Å². The Bertz CT molecular complexity index is 863. The highest BCUT2D eigenvalue weighted by molar-refractivity contribution is 6.24. The van der Waals surface area contributed by atoms with Gasteiger partial charge in [0.05, 0.1) is 22.3 Å². The molecule has 1 unspecified atom stereocenters. The first-order valence-electron chi connectivity index (χ1n) is 7.89. The van der Waals surface area contributed by atoms with E-state index in [1.54, 1.807) is 6.07 Å². The van der Waals surface area contributed by atoms with Crippen molar-refractivity contribution in [3.8, 4) is 6.07 Å². The second-order valence-electron chi connectivity index (χ2n) is 7.15. The van der Waals surface area contributed by atoms with Gasteiger partial charge >= 0.3 is 0 Å². The summed E-state index contributed by atoms with van der Waals surface area (Å²) in [6, 6.07) is 7.89. The quantitative estimate of drug-likeness (QED) is 0.654. The smallest absolute Gasteiger partial charge is 0.269 e. The summed E-state index contributed by atoms with van der Waals surface area (Å²) < 4.78 is 5.96. The topological polar surface area (TPSA) is 117 Å². The molecule has 1 aliphatic heterocycles. The fraction of sp³-hybridized carbons (Fsp3) is 0.389. The van der Waals surface area contributed by atoms with E-state index in [4.69, 9.17) is 10.1 Å². The normalized spacial score (nSPS) is 25.0. The number of carbonyl (C=O) groups excluding carboxylic acids is 1. The number of nitro groups is 1. The number of carbonyl (C=O) groups is 1. The van der Waals surface area contributed by atoms with E-state index in [0.717, 1.165) is 0 Å². The lowest BCUT2D eigenvalue weighted by molar-refractivity contribution is -0.385. The average molecular weight is 339 g/mol. The van der Waals surface area contributed by atoms with Gasteiger partial charge in [-0.1, -0.05) is 26.0 Å². The van der Waals surface area contributed by atoms with Crippen molar-refractivity contribution >= 4 is 17.2 Å². The standard InChI is InChI=1S/C18H17N3O4/c1-18(2)7-13(22)15-14(8-18)25-17(12(9-19)16(15)20)10-4-3-5-11(6-10)21(23)24/h3-6,12,17,20H,7-8H2,1-2H3/t12?,17-/m1/s1. The first kappa shape index (κ1) is 16.8. The highest BCUT2D eigenvalue weighted by atomic mass is 16.6. The Morgan fingerprint density at radius 3 is 2.76 bits per heavy atom. The summed E-state index contributed by atoms with van der Waals surface area (Å²) in [5.74, 6) is -0.755. The average Bonchev–Trinajstić information content (AvgIpc) is 2.53. The fourth-order valence-corrected chi connectivity index (χ4v) is 3.40. The number of hydrogen-bond acceptors (Lipinski definition) is 6. The van der Waals surface area contributed by atoms with Crippen LogP contribution in [0.15, 0.2) is 35.6 Å². The molecule has 0 fully saturated rings. The van der Waals surface area contributed by atoms with Crippen molar-refractivity contribution in [1.82, 2.24) is 0 Å². The number of nitrogens with zero attached hydrogens (tertiary/aromatic N) is 2. The second-order valence-corrected chi connectivity index (χ2v) is 7.15. The maximum absolute atomic E-state index is 12.4. The van der Waals surface area contributed by atoms with Crippen molar-refractivity contribution in [2.75, 3.05) is 0 Å². The molecule has 3 rings (SSSR count). The molecule has 1 aromatic carbocycles. The highest BCUT2D eigenvalue weighted by Crippen LogP contribution is 2.45. The summed E-state index contributed by atoms with van der Waals surface area (Å²) in [6.45, 7) is 3.89. The molecule has 128 valence electrons. The zero-order valence-corrected chi connectivity index (χ0v) is 13.9. The zero-order chi connectivity index (χ0) is 18.4. The summed E-state index contributed by atoms with van der Waals surface area (Å²) in [7, 11) is 0. The lowest BCUT2D eigenvalue weighted by Crippen LogP contribution is -2.38. The van der Waals surface area contributed by atoms with Gasteiger partial charge in [-0.15, -0.1) is 0 Å². The third-order valence-electron chi connectivity index (χ3n) is 4.54. The largest absolute Gasteiger partial charge is 0.487 e. The minimum atomic E-state index is -0.981. The molecule has 7 heteroatoms. The van der Waals surface area contributed by atoms with Crippen molar-refractivity contribution in [3.63, 3.8) is 0 Å². The van der Waals surface area contributed by atoms with Crippen molar-refractivity contribution in [2.24, 2.45) is 11.3 Å². The summed E-state index contributed by atoms with van der Waals surface area (Å²) in [5.41, 5.74) is 0.202. The Labute approximate surface area is 144 Å². The van der Waals surface area contributed by atoms with E-state index < -0.39 is 16.9 Å². The molecule has 25 heavy (non-hydrogen) atoms. The van der Waals surface area contributed by atoms with E-state index in [0.29, 0.717) is 24.2 Å². The van der Waals surface area contributed by atoms with Gasteiger partial charge in [0.25, 0.3) is 5.69 Å². The van der Waals surface area contributed by atoms with Crippen LogP contribution < -0.4 is 0 Å². The number of allylic oxidation sites excluding steroid dienone is 2. The Kier molecular flexibility index (Phi) is 3.91. The SMILES string of the molecule is CC1(C)CC(=O)C2=C(C1)O[C@H](c1cccc([N+](=O)[O-])c1)C(C#N)C2=N. The van der Waals surface area contributed by atoms with Crippen LogP contribution in [-0.4, -0.2) is 16.4 Å². The third kappa shape index (κ3) is 2.91. The van der Waals surface area contributed by atoms with Crippen LogP contribution in [0, 0.1) is 38.2 Å². The first-order chi connectivity index (χ1) is 11.7.